The highest BCUT2D eigenvalue weighted by molar-refractivity contribution is 5.85. The molecule has 51 heavy (non-hydrogen) atoms. The number of ether oxygens (including phenoxy) is 3. The Morgan fingerprint density at radius 2 is 1.55 bits per heavy atom. The molecule has 1 fully saturated rings. The first-order chi connectivity index (χ1) is 24.9. The molecule has 0 radical (unpaired) electrons. The van der Waals surface area contributed by atoms with Gasteiger partial charge in [-0.1, -0.05) is 142 Å². The summed E-state index contributed by atoms with van der Waals surface area (Å²) in [4.78, 5) is 24.4. The summed E-state index contributed by atoms with van der Waals surface area (Å²) in [5, 5.41) is 8.98. The maximum absolute atomic E-state index is 13.5. The first-order valence-corrected chi connectivity index (χ1v) is 18.5. The van der Waals surface area contributed by atoms with Crippen LogP contribution in [0, 0.1) is 17.8 Å². The van der Waals surface area contributed by atoms with Crippen molar-refractivity contribution in [2.24, 2.45) is 17.8 Å². The molecule has 2 aliphatic rings. The molecule has 0 bridgehead atoms. The predicted molar refractivity (Wildman–Crippen MR) is 202 cm³/mol. The van der Waals surface area contributed by atoms with Gasteiger partial charge in [-0.05, 0) is 66.9 Å². The average molecular weight is 689 g/mol. The topological polar surface area (TPSA) is 82.1 Å². The van der Waals surface area contributed by atoms with Crippen LogP contribution >= 0.6 is 0 Å². The van der Waals surface area contributed by atoms with Gasteiger partial charge in [0.05, 0.1) is 18.5 Å². The van der Waals surface area contributed by atoms with Crippen molar-refractivity contribution < 1.29 is 28.9 Å². The molecule has 0 saturated heterocycles. The Morgan fingerprint density at radius 3 is 2.10 bits per heavy atom. The van der Waals surface area contributed by atoms with Crippen LogP contribution in [-0.2, 0) is 29.4 Å². The minimum absolute atomic E-state index is 0.136. The number of carboxylic acids is 1. The van der Waals surface area contributed by atoms with E-state index >= 15 is 0 Å². The molecule has 1 aliphatic heterocycles. The number of rotatable bonds is 19. The molecule has 6 atom stereocenters. The number of hydrogen-bond donors (Lipinski definition) is 1. The molecule has 0 spiro atoms. The normalized spacial score (nSPS) is 21.6. The van der Waals surface area contributed by atoms with Gasteiger partial charge in [0, 0.05) is 24.7 Å². The molecular weight excluding hydrogens is 636 g/mol. The zero-order valence-electron chi connectivity index (χ0n) is 29.9. The summed E-state index contributed by atoms with van der Waals surface area (Å²) < 4.78 is 19.6. The molecular formula is C45H52O6. The van der Waals surface area contributed by atoms with Gasteiger partial charge in [0.1, 0.15) is 11.4 Å². The van der Waals surface area contributed by atoms with Crippen molar-refractivity contribution in [3.05, 3.63) is 156 Å². The predicted octanol–water partition coefficient (Wildman–Crippen LogP) is 9.96. The second-order valence-corrected chi connectivity index (χ2v) is 13.6. The fourth-order valence-corrected chi connectivity index (χ4v) is 7.35. The van der Waals surface area contributed by atoms with Crippen molar-refractivity contribution in [1.29, 1.82) is 0 Å². The van der Waals surface area contributed by atoms with Crippen molar-refractivity contribution in [2.45, 2.75) is 89.3 Å². The van der Waals surface area contributed by atoms with Crippen LogP contribution in [0.1, 0.15) is 81.9 Å². The van der Waals surface area contributed by atoms with E-state index in [-0.39, 0.29) is 42.2 Å². The zero-order chi connectivity index (χ0) is 35.9. The highest BCUT2D eigenvalue weighted by Gasteiger charge is 2.43. The number of Topliss-reactive ketones (excluding diaryl/α,β-unsaturated/α-hetero) is 1. The lowest BCUT2D eigenvalue weighted by atomic mass is 9.79. The minimum atomic E-state index is -0.842. The Labute approximate surface area is 303 Å². The van der Waals surface area contributed by atoms with Gasteiger partial charge in [0.15, 0.2) is 0 Å². The van der Waals surface area contributed by atoms with E-state index in [4.69, 9.17) is 19.3 Å². The number of benzene rings is 3. The van der Waals surface area contributed by atoms with E-state index in [1.54, 1.807) is 6.26 Å². The lowest BCUT2D eigenvalue weighted by molar-refractivity contribution is -0.137. The van der Waals surface area contributed by atoms with Gasteiger partial charge in [-0.3, -0.25) is 9.59 Å². The van der Waals surface area contributed by atoms with E-state index in [0.29, 0.717) is 32.1 Å². The van der Waals surface area contributed by atoms with Crippen LogP contribution < -0.4 is 0 Å². The van der Waals surface area contributed by atoms with E-state index in [1.165, 1.54) is 0 Å². The minimum Gasteiger partial charge on any atom is -0.481 e. The standard InChI is InChI=1S/C45H52O6/c1-3-20-34(2)41(51-45(35-21-9-6-10-22-35,36-23-11-7-12-24-36)37-25-13-8-14-26-37)29-19-28-39-38(27-15-4-5-16-30-43(47)48)40(46)33-42(39)50-44-31-17-18-32-49-44/h4,6-15,17-19,21-26,28,31-32,34,38-39,41-42,44H,3,5,16,20,27,29-30,33H2,1-2H3,(H,47,48)/b15-4?,28-19+/t34?,38-,39-,41?,42-,44?/m1/s1. The molecule has 1 aliphatic carbocycles. The van der Waals surface area contributed by atoms with Crippen LogP contribution in [0.3, 0.4) is 0 Å². The lowest BCUT2D eigenvalue weighted by Crippen LogP contribution is -2.39. The summed E-state index contributed by atoms with van der Waals surface area (Å²) in [5.41, 5.74) is 2.37. The van der Waals surface area contributed by atoms with E-state index in [1.807, 2.05) is 48.6 Å². The Hall–Kier alpha value is -4.52. The number of carboxylic acid groups (broad SMARTS) is 1. The molecule has 0 amide bonds. The number of allylic oxidation sites excluding steroid dienone is 4. The Kier molecular flexibility index (Phi) is 14.2. The largest absolute Gasteiger partial charge is 0.481 e. The van der Waals surface area contributed by atoms with Gasteiger partial charge in [-0.2, -0.15) is 0 Å². The first-order valence-electron chi connectivity index (χ1n) is 18.5. The number of aliphatic carboxylic acids is 1. The fourth-order valence-electron chi connectivity index (χ4n) is 7.35. The Morgan fingerprint density at radius 1 is 0.922 bits per heavy atom. The van der Waals surface area contributed by atoms with Crippen LogP contribution in [0.2, 0.25) is 0 Å². The molecule has 0 aromatic heterocycles. The smallest absolute Gasteiger partial charge is 0.303 e. The molecule has 3 aromatic rings. The summed E-state index contributed by atoms with van der Waals surface area (Å²) in [6, 6.07) is 31.5. The van der Waals surface area contributed by atoms with E-state index in [2.05, 4.69) is 98.8 Å². The summed E-state index contributed by atoms with van der Waals surface area (Å²) in [6.45, 7) is 4.49. The van der Waals surface area contributed by atoms with Crippen LogP contribution in [-0.4, -0.2) is 35.4 Å². The number of unbranched alkanes of at least 4 members (excludes halogenated alkanes) is 1. The summed E-state index contributed by atoms with van der Waals surface area (Å²) >= 11 is 0. The van der Waals surface area contributed by atoms with Gasteiger partial charge in [0.2, 0.25) is 6.29 Å². The van der Waals surface area contributed by atoms with Gasteiger partial charge in [-0.25, -0.2) is 0 Å². The highest BCUT2D eigenvalue weighted by atomic mass is 16.7. The second kappa shape index (κ2) is 19.2. The van der Waals surface area contributed by atoms with Gasteiger partial charge < -0.3 is 19.3 Å². The molecule has 3 unspecified atom stereocenters. The summed E-state index contributed by atoms with van der Waals surface area (Å²) in [5.74, 6) is -0.756. The van der Waals surface area contributed by atoms with Crippen LogP contribution in [0.4, 0.5) is 0 Å². The quantitative estimate of drug-likeness (QED) is 0.0767. The third-order valence-corrected chi connectivity index (χ3v) is 9.98. The van der Waals surface area contributed by atoms with Crippen LogP contribution in [0.15, 0.2) is 140 Å². The lowest BCUT2D eigenvalue weighted by Gasteiger charge is -2.40. The molecule has 6 nitrogen and oxygen atoms in total. The monoisotopic (exact) mass is 688 g/mol. The van der Waals surface area contributed by atoms with Crippen LogP contribution in [0.25, 0.3) is 0 Å². The average Bonchev–Trinajstić information content (AvgIpc) is 3.45. The van der Waals surface area contributed by atoms with Gasteiger partial charge in [0.25, 0.3) is 0 Å². The van der Waals surface area contributed by atoms with Crippen molar-refractivity contribution in [3.8, 4) is 0 Å². The van der Waals surface area contributed by atoms with Crippen molar-refractivity contribution >= 4 is 11.8 Å². The third-order valence-electron chi connectivity index (χ3n) is 9.98. The number of hydrogen-bond acceptors (Lipinski definition) is 5. The molecule has 1 N–H and O–H groups in total. The SMILES string of the molecule is CCCC(C)C(C/C=C/[C@H]1[C@H](OC2C=CC=CO2)CC(=O)[C@@H]1CC=CCCCC(=O)O)OC(c1ccccc1)(c1ccccc1)c1ccccc1. The highest BCUT2D eigenvalue weighted by Crippen LogP contribution is 2.43. The van der Waals surface area contributed by atoms with Crippen molar-refractivity contribution in [1.82, 2.24) is 0 Å². The van der Waals surface area contributed by atoms with E-state index in [9.17, 15) is 9.59 Å². The molecule has 6 heteroatoms. The van der Waals surface area contributed by atoms with E-state index < -0.39 is 17.9 Å². The molecule has 1 heterocycles. The number of carbonyl (C=O) groups is 2. The van der Waals surface area contributed by atoms with Gasteiger partial charge in [-0.15, -0.1) is 0 Å². The molecule has 5 rings (SSSR count). The second-order valence-electron chi connectivity index (χ2n) is 13.6. The number of ketones is 1. The van der Waals surface area contributed by atoms with Crippen LogP contribution in [0.5, 0.6) is 0 Å². The summed E-state index contributed by atoms with van der Waals surface area (Å²) in [6.07, 6.45) is 19.5. The molecule has 268 valence electrons. The Bertz CT molecular complexity index is 1530. The maximum atomic E-state index is 13.5. The fraction of sp³-hybridized carbons (Fsp3) is 0.378. The van der Waals surface area contributed by atoms with Crippen molar-refractivity contribution in [2.75, 3.05) is 0 Å². The first kappa shape index (κ1) is 37.7. The molecule has 1 saturated carbocycles. The maximum Gasteiger partial charge on any atom is 0.303 e. The number of carbonyl (C=O) groups excluding carboxylic acids is 1. The third kappa shape index (κ3) is 10.1. The van der Waals surface area contributed by atoms with Gasteiger partial charge >= 0.3 is 5.97 Å². The Balaban J connectivity index is 1.45. The molecule has 3 aromatic carbocycles. The summed E-state index contributed by atoms with van der Waals surface area (Å²) in [7, 11) is 0. The zero-order valence-corrected chi connectivity index (χ0v) is 29.9. The van der Waals surface area contributed by atoms with Crippen molar-refractivity contribution in [3.63, 3.8) is 0 Å². The van der Waals surface area contributed by atoms with E-state index in [0.717, 1.165) is 29.5 Å².